The van der Waals surface area contributed by atoms with E-state index in [2.05, 4.69) is 15.5 Å². The van der Waals surface area contributed by atoms with E-state index in [4.69, 9.17) is 5.84 Å². The zero-order valence-electron chi connectivity index (χ0n) is 14.0. The van der Waals surface area contributed by atoms with Gasteiger partial charge in [-0.05, 0) is 18.1 Å². The summed E-state index contributed by atoms with van der Waals surface area (Å²) in [6.45, 7) is 6.35. The average molecular weight is 351 g/mol. The van der Waals surface area contributed by atoms with E-state index in [1.54, 1.807) is 18.2 Å². The topological polar surface area (TPSA) is 85.8 Å². The van der Waals surface area contributed by atoms with Crippen molar-refractivity contribution in [1.29, 1.82) is 0 Å². The second kappa shape index (κ2) is 7.65. The van der Waals surface area contributed by atoms with Gasteiger partial charge in [0.05, 0.1) is 5.75 Å². The smallest absolute Gasteiger partial charge is 0.230 e. The second-order valence-corrected chi connectivity index (χ2v) is 7.35. The van der Waals surface area contributed by atoms with Crippen LogP contribution in [0, 0.1) is 5.82 Å². The second-order valence-electron chi connectivity index (χ2n) is 6.41. The van der Waals surface area contributed by atoms with E-state index < -0.39 is 0 Å². The van der Waals surface area contributed by atoms with Crippen molar-refractivity contribution in [3.63, 3.8) is 0 Å². The molecule has 0 bridgehead atoms. The van der Waals surface area contributed by atoms with Gasteiger partial charge in [-0.25, -0.2) is 9.07 Å². The average Bonchev–Trinajstić information content (AvgIpc) is 2.88. The summed E-state index contributed by atoms with van der Waals surface area (Å²) in [4.78, 5) is 11.9. The number of carbonyl (C=O) groups excluding carboxylic acids is 1. The lowest BCUT2D eigenvalue weighted by Crippen LogP contribution is -2.28. The molecule has 24 heavy (non-hydrogen) atoms. The van der Waals surface area contributed by atoms with Gasteiger partial charge in [-0.15, -0.1) is 10.2 Å². The summed E-state index contributed by atoms with van der Waals surface area (Å²) in [7, 11) is 0. The highest BCUT2D eigenvalue weighted by Gasteiger charge is 2.23. The van der Waals surface area contributed by atoms with Gasteiger partial charge in [0.15, 0.2) is 5.82 Å². The molecule has 1 aromatic carbocycles. The van der Waals surface area contributed by atoms with E-state index in [1.165, 1.54) is 22.5 Å². The Balaban J connectivity index is 1.80. The van der Waals surface area contributed by atoms with Crippen LogP contribution in [0.4, 0.5) is 4.39 Å². The number of aromatic nitrogens is 3. The maximum absolute atomic E-state index is 13.5. The zero-order valence-corrected chi connectivity index (χ0v) is 14.9. The first kappa shape index (κ1) is 18.3. The van der Waals surface area contributed by atoms with Gasteiger partial charge in [0.1, 0.15) is 5.82 Å². The van der Waals surface area contributed by atoms with Crippen molar-refractivity contribution in [2.24, 2.45) is 0 Å². The standard InChI is InChI=1S/C16H22FN5OS/c1-16(2,3)14-20-21-15(22(14)18)24-10-13(23)19-9-8-11-6-4-5-7-12(11)17/h4-7H,8-10,18H2,1-3H3,(H,19,23). The number of halogens is 1. The zero-order chi connectivity index (χ0) is 17.7. The number of nitrogens with one attached hydrogen (secondary N) is 1. The number of nitrogens with zero attached hydrogens (tertiary/aromatic N) is 3. The molecule has 2 rings (SSSR count). The summed E-state index contributed by atoms with van der Waals surface area (Å²) in [6.07, 6.45) is 0.449. The maximum atomic E-state index is 13.5. The van der Waals surface area contributed by atoms with Crippen molar-refractivity contribution < 1.29 is 9.18 Å². The number of amides is 1. The summed E-state index contributed by atoms with van der Waals surface area (Å²) >= 11 is 1.22. The van der Waals surface area contributed by atoms with Crippen LogP contribution < -0.4 is 11.2 Å². The van der Waals surface area contributed by atoms with Crippen molar-refractivity contribution in [1.82, 2.24) is 20.2 Å². The molecule has 0 aliphatic rings. The van der Waals surface area contributed by atoms with Crippen molar-refractivity contribution in [3.05, 3.63) is 41.5 Å². The molecule has 0 aliphatic heterocycles. The molecule has 0 atom stereocenters. The van der Waals surface area contributed by atoms with Gasteiger partial charge >= 0.3 is 0 Å². The molecule has 0 saturated carbocycles. The highest BCUT2D eigenvalue weighted by Crippen LogP contribution is 2.22. The molecule has 0 aliphatic carbocycles. The van der Waals surface area contributed by atoms with Gasteiger partial charge < -0.3 is 11.2 Å². The normalized spacial score (nSPS) is 11.5. The first-order valence-electron chi connectivity index (χ1n) is 7.63. The molecular weight excluding hydrogens is 329 g/mol. The minimum absolute atomic E-state index is 0.156. The third kappa shape index (κ3) is 4.70. The minimum Gasteiger partial charge on any atom is -0.355 e. The molecular formula is C16H22FN5OS. The highest BCUT2D eigenvalue weighted by atomic mass is 32.2. The van der Waals surface area contributed by atoms with Gasteiger partial charge in [0.25, 0.3) is 0 Å². The molecule has 1 aromatic heterocycles. The van der Waals surface area contributed by atoms with Crippen molar-refractivity contribution in [3.8, 4) is 0 Å². The van der Waals surface area contributed by atoms with E-state index in [1.807, 2.05) is 20.8 Å². The Morgan fingerprint density at radius 3 is 2.67 bits per heavy atom. The third-order valence-corrected chi connectivity index (χ3v) is 4.29. The minimum atomic E-state index is -0.257. The number of carbonyl (C=O) groups is 1. The van der Waals surface area contributed by atoms with Crippen LogP contribution in [0.5, 0.6) is 0 Å². The lowest BCUT2D eigenvalue weighted by atomic mass is 9.96. The van der Waals surface area contributed by atoms with Crippen LogP contribution in [0.2, 0.25) is 0 Å². The summed E-state index contributed by atoms with van der Waals surface area (Å²) in [5.41, 5.74) is 0.365. The van der Waals surface area contributed by atoms with Crippen LogP contribution >= 0.6 is 11.8 Å². The van der Waals surface area contributed by atoms with Gasteiger partial charge in [-0.1, -0.05) is 50.7 Å². The molecule has 0 fully saturated rings. The van der Waals surface area contributed by atoms with Crippen molar-refractivity contribution in [2.75, 3.05) is 18.1 Å². The summed E-state index contributed by atoms with van der Waals surface area (Å²) in [5.74, 6) is 6.39. The summed E-state index contributed by atoms with van der Waals surface area (Å²) in [6, 6.07) is 6.54. The van der Waals surface area contributed by atoms with Crippen molar-refractivity contribution in [2.45, 2.75) is 37.8 Å². The number of hydrogen-bond acceptors (Lipinski definition) is 5. The van der Waals surface area contributed by atoms with Crippen LogP contribution in [0.1, 0.15) is 32.2 Å². The number of hydrogen-bond donors (Lipinski definition) is 2. The number of nitrogens with two attached hydrogens (primary N) is 1. The Morgan fingerprint density at radius 2 is 2.04 bits per heavy atom. The number of thioether (sulfide) groups is 1. The van der Waals surface area contributed by atoms with Crippen LogP contribution in [0.15, 0.2) is 29.4 Å². The highest BCUT2D eigenvalue weighted by molar-refractivity contribution is 7.99. The SMILES string of the molecule is CC(C)(C)c1nnc(SCC(=O)NCCc2ccccc2F)n1N. The molecule has 1 amide bonds. The first-order valence-corrected chi connectivity index (χ1v) is 8.61. The Kier molecular flexibility index (Phi) is 5.82. The fraction of sp³-hybridized carbons (Fsp3) is 0.438. The largest absolute Gasteiger partial charge is 0.355 e. The van der Waals surface area contributed by atoms with Crippen LogP contribution in [-0.2, 0) is 16.6 Å². The molecule has 3 N–H and O–H groups in total. The predicted molar refractivity (Wildman–Crippen MR) is 92.7 cm³/mol. The Morgan fingerprint density at radius 1 is 1.33 bits per heavy atom. The number of benzene rings is 1. The molecule has 0 spiro atoms. The Bertz CT molecular complexity index is 711. The number of rotatable bonds is 6. The fourth-order valence-corrected chi connectivity index (χ4v) is 2.79. The lowest BCUT2D eigenvalue weighted by Gasteiger charge is -2.16. The van der Waals surface area contributed by atoms with E-state index in [9.17, 15) is 9.18 Å². The molecule has 8 heteroatoms. The monoisotopic (exact) mass is 351 g/mol. The van der Waals surface area contributed by atoms with Gasteiger partial charge in [-0.3, -0.25) is 4.79 Å². The molecule has 0 unspecified atom stereocenters. The molecule has 1 heterocycles. The van der Waals surface area contributed by atoms with Crippen LogP contribution in [0.3, 0.4) is 0 Å². The van der Waals surface area contributed by atoms with E-state index in [0.29, 0.717) is 29.5 Å². The summed E-state index contributed by atoms with van der Waals surface area (Å²) < 4.78 is 14.9. The number of nitrogen functional groups attached to an aromatic ring is 1. The maximum Gasteiger partial charge on any atom is 0.230 e. The van der Waals surface area contributed by atoms with E-state index in [-0.39, 0.29) is 22.9 Å². The van der Waals surface area contributed by atoms with Gasteiger partial charge in [0.2, 0.25) is 11.1 Å². The third-order valence-electron chi connectivity index (χ3n) is 3.34. The van der Waals surface area contributed by atoms with Crippen LogP contribution in [-0.4, -0.2) is 33.1 Å². The van der Waals surface area contributed by atoms with E-state index >= 15 is 0 Å². The molecule has 2 aromatic rings. The van der Waals surface area contributed by atoms with Crippen molar-refractivity contribution >= 4 is 17.7 Å². The fourth-order valence-electron chi connectivity index (χ4n) is 2.11. The van der Waals surface area contributed by atoms with Gasteiger partial charge in [0, 0.05) is 12.0 Å². The quantitative estimate of drug-likeness (QED) is 0.613. The Labute approximate surface area is 145 Å². The summed E-state index contributed by atoms with van der Waals surface area (Å²) in [5, 5.41) is 11.3. The lowest BCUT2D eigenvalue weighted by molar-refractivity contribution is -0.118. The molecule has 6 nitrogen and oxygen atoms in total. The van der Waals surface area contributed by atoms with E-state index in [0.717, 1.165) is 0 Å². The molecule has 0 saturated heterocycles. The van der Waals surface area contributed by atoms with Crippen LogP contribution in [0.25, 0.3) is 0 Å². The van der Waals surface area contributed by atoms with Gasteiger partial charge in [-0.2, -0.15) is 0 Å². The molecule has 0 radical (unpaired) electrons. The molecule has 130 valence electrons. The predicted octanol–water partition coefficient (Wildman–Crippen LogP) is 1.88. The first-order chi connectivity index (χ1) is 11.3. The Hall–Kier alpha value is -2.09.